The van der Waals surface area contributed by atoms with Crippen LogP contribution in [-0.4, -0.2) is 38.5 Å². The summed E-state index contributed by atoms with van der Waals surface area (Å²) < 4.78 is 0. The molecular formula is C14H19N3O2. The lowest BCUT2D eigenvalue weighted by atomic mass is 10.1. The van der Waals surface area contributed by atoms with E-state index in [-0.39, 0.29) is 18.4 Å². The molecule has 102 valence electrons. The monoisotopic (exact) mass is 261 g/mol. The third-order valence-electron chi connectivity index (χ3n) is 3.40. The van der Waals surface area contributed by atoms with Crippen molar-refractivity contribution in [2.75, 3.05) is 30.4 Å². The summed E-state index contributed by atoms with van der Waals surface area (Å²) in [6, 6.07) is 5.33. The molecule has 1 fully saturated rings. The van der Waals surface area contributed by atoms with Crippen LogP contribution in [-0.2, 0) is 9.59 Å². The highest BCUT2D eigenvalue weighted by Gasteiger charge is 2.32. The van der Waals surface area contributed by atoms with Gasteiger partial charge < -0.3 is 10.2 Å². The predicted molar refractivity (Wildman–Crippen MR) is 75.5 cm³/mol. The Morgan fingerprint density at radius 3 is 2.63 bits per heavy atom. The Balaban J connectivity index is 2.42. The minimum Gasteiger partial charge on any atom is -0.377 e. The number of benzene rings is 1. The first-order chi connectivity index (χ1) is 8.91. The molecule has 1 saturated heterocycles. The highest BCUT2D eigenvalue weighted by atomic mass is 16.2. The Morgan fingerprint density at radius 2 is 2.00 bits per heavy atom. The molecule has 0 aliphatic carbocycles. The fraction of sp³-hybridized carbons (Fsp3) is 0.429. The number of rotatable bonds is 2. The molecular weight excluding hydrogens is 242 g/mol. The Labute approximate surface area is 113 Å². The van der Waals surface area contributed by atoms with Crippen molar-refractivity contribution >= 4 is 23.2 Å². The van der Waals surface area contributed by atoms with E-state index in [0.717, 1.165) is 16.9 Å². The lowest BCUT2D eigenvalue weighted by Crippen LogP contribution is -2.57. The van der Waals surface area contributed by atoms with Crippen molar-refractivity contribution in [3.8, 4) is 0 Å². The molecule has 1 heterocycles. The summed E-state index contributed by atoms with van der Waals surface area (Å²) in [5.41, 5.74) is 2.94. The minimum absolute atomic E-state index is 0.0638. The fourth-order valence-corrected chi connectivity index (χ4v) is 2.33. The molecule has 1 N–H and O–H groups in total. The SMILES string of the molecule is Cc1ccc(N2C(=O)CNC(=O)C2C)cc1N(C)C. The zero-order valence-corrected chi connectivity index (χ0v) is 11.7. The normalized spacial score (nSPS) is 19.4. The minimum atomic E-state index is -0.473. The number of hydrogen-bond donors (Lipinski definition) is 1. The zero-order chi connectivity index (χ0) is 14.2. The van der Waals surface area contributed by atoms with E-state index in [0.29, 0.717) is 0 Å². The highest BCUT2D eigenvalue weighted by molar-refractivity contribution is 6.06. The molecule has 0 aromatic heterocycles. The maximum Gasteiger partial charge on any atom is 0.247 e. The molecule has 1 unspecified atom stereocenters. The van der Waals surface area contributed by atoms with Crippen molar-refractivity contribution < 1.29 is 9.59 Å². The first-order valence-electron chi connectivity index (χ1n) is 6.29. The predicted octanol–water partition coefficient (Wildman–Crippen LogP) is 0.912. The molecule has 0 radical (unpaired) electrons. The van der Waals surface area contributed by atoms with Crippen molar-refractivity contribution in [3.05, 3.63) is 23.8 Å². The maximum atomic E-state index is 12.0. The van der Waals surface area contributed by atoms with Crippen molar-refractivity contribution in [2.24, 2.45) is 0 Å². The molecule has 5 nitrogen and oxygen atoms in total. The molecule has 1 aromatic carbocycles. The van der Waals surface area contributed by atoms with Crippen LogP contribution in [0.1, 0.15) is 12.5 Å². The van der Waals surface area contributed by atoms with Crippen LogP contribution in [0.5, 0.6) is 0 Å². The van der Waals surface area contributed by atoms with Crippen LogP contribution in [0.4, 0.5) is 11.4 Å². The van der Waals surface area contributed by atoms with Crippen LogP contribution >= 0.6 is 0 Å². The number of nitrogens with one attached hydrogen (secondary N) is 1. The van der Waals surface area contributed by atoms with Gasteiger partial charge >= 0.3 is 0 Å². The zero-order valence-electron chi connectivity index (χ0n) is 11.7. The second-order valence-corrected chi connectivity index (χ2v) is 5.02. The van der Waals surface area contributed by atoms with E-state index in [9.17, 15) is 9.59 Å². The van der Waals surface area contributed by atoms with Gasteiger partial charge in [0.2, 0.25) is 11.8 Å². The Bertz CT molecular complexity index is 525. The van der Waals surface area contributed by atoms with Crippen LogP contribution in [0.15, 0.2) is 18.2 Å². The van der Waals surface area contributed by atoms with E-state index in [1.807, 2.05) is 44.1 Å². The van der Waals surface area contributed by atoms with Crippen molar-refractivity contribution in [1.29, 1.82) is 0 Å². The number of anilines is 2. The van der Waals surface area contributed by atoms with Gasteiger partial charge in [0.1, 0.15) is 6.04 Å². The van der Waals surface area contributed by atoms with Gasteiger partial charge in [-0.2, -0.15) is 0 Å². The van der Waals surface area contributed by atoms with Gasteiger partial charge in [-0.15, -0.1) is 0 Å². The largest absolute Gasteiger partial charge is 0.377 e. The molecule has 0 saturated carbocycles. The number of carbonyl (C=O) groups is 2. The van der Waals surface area contributed by atoms with E-state index in [2.05, 4.69) is 5.32 Å². The molecule has 1 aliphatic rings. The average Bonchev–Trinajstić information content (AvgIpc) is 2.36. The van der Waals surface area contributed by atoms with E-state index in [1.165, 1.54) is 0 Å². The van der Waals surface area contributed by atoms with Gasteiger partial charge in [0, 0.05) is 25.5 Å². The van der Waals surface area contributed by atoms with Crippen LogP contribution in [0.25, 0.3) is 0 Å². The van der Waals surface area contributed by atoms with Crippen molar-refractivity contribution in [3.63, 3.8) is 0 Å². The number of nitrogens with zero attached hydrogens (tertiary/aromatic N) is 2. The summed E-state index contributed by atoms with van der Waals surface area (Å²) in [6.45, 7) is 3.82. The van der Waals surface area contributed by atoms with Gasteiger partial charge in [0.25, 0.3) is 0 Å². The van der Waals surface area contributed by atoms with Gasteiger partial charge in [-0.05, 0) is 31.5 Å². The topological polar surface area (TPSA) is 52.7 Å². The Morgan fingerprint density at radius 1 is 1.32 bits per heavy atom. The van der Waals surface area contributed by atoms with Crippen LogP contribution in [0.2, 0.25) is 0 Å². The molecule has 1 aliphatic heterocycles. The molecule has 5 heteroatoms. The number of carbonyl (C=O) groups excluding carboxylic acids is 2. The second-order valence-electron chi connectivity index (χ2n) is 5.02. The lowest BCUT2D eigenvalue weighted by molar-refractivity contribution is -0.130. The fourth-order valence-electron chi connectivity index (χ4n) is 2.33. The molecule has 1 aromatic rings. The van der Waals surface area contributed by atoms with Crippen molar-refractivity contribution in [2.45, 2.75) is 19.9 Å². The molecule has 2 rings (SSSR count). The molecule has 2 amide bonds. The molecule has 1 atom stereocenters. The maximum absolute atomic E-state index is 12.0. The first-order valence-corrected chi connectivity index (χ1v) is 6.29. The quantitative estimate of drug-likeness (QED) is 0.861. The van der Waals surface area contributed by atoms with Crippen LogP contribution in [0.3, 0.4) is 0 Å². The summed E-state index contributed by atoms with van der Waals surface area (Å²) in [6.07, 6.45) is 0. The van der Waals surface area contributed by atoms with Gasteiger partial charge in [0.15, 0.2) is 0 Å². The van der Waals surface area contributed by atoms with Gasteiger partial charge in [-0.25, -0.2) is 0 Å². The summed E-state index contributed by atoms with van der Waals surface area (Å²) in [5.74, 6) is -0.202. The van der Waals surface area contributed by atoms with E-state index < -0.39 is 6.04 Å². The van der Waals surface area contributed by atoms with Crippen LogP contribution < -0.4 is 15.1 Å². The average molecular weight is 261 g/mol. The second kappa shape index (κ2) is 4.91. The summed E-state index contributed by atoms with van der Waals surface area (Å²) in [4.78, 5) is 27.3. The van der Waals surface area contributed by atoms with E-state index in [1.54, 1.807) is 11.8 Å². The number of piperazine rings is 1. The Hall–Kier alpha value is -2.04. The summed E-state index contributed by atoms with van der Waals surface area (Å²) in [5, 5.41) is 2.59. The summed E-state index contributed by atoms with van der Waals surface area (Å²) in [7, 11) is 3.92. The van der Waals surface area contributed by atoms with Gasteiger partial charge in [-0.1, -0.05) is 6.07 Å². The number of aryl methyl sites for hydroxylation is 1. The van der Waals surface area contributed by atoms with Gasteiger partial charge in [-0.3, -0.25) is 14.5 Å². The van der Waals surface area contributed by atoms with Crippen molar-refractivity contribution in [1.82, 2.24) is 5.32 Å². The van der Waals surface area contributed by atoms with E-state index in [4.69, 9.17) is 0 Å². The highest BCUT2D eigenvalue weighted by Crippen LogP contribution is 2.27. The standard InChI is InChI=1S/C14H19N3O2/c1-9-5-6-11(7-12(9)16(3)4)17-10(2)14(19)15-8-13(17)18/h5-7,10H,8H2,1-4H3,(H,15,19). The molecule has 19 heavy (non-hydrogen) atoms. The third kappa shape index (κ3) is 2.41. The molecule has 0 bridgehead atoms. The Kier molecular flexibility index (Phi) is 3.46. The number of hydrogen-bond acceptors (Lipinski definition) is 3. The first kappa shape index (κ1) is 13.4. The molecule has 0 spiro atoms. The smallest absolute Gasteiger partial charge is 0.247 e. The third-order valence-corrected chi connectivity index (χ3v) is 3.40. The summed E-state index contributed by atoms with van der Waals surface area (Å²) >= 11 is 0. The van der Waals surface area contributed by atoms with E-state index >= 15 is 0 Å². The number of amides is 2. The van der Waals surface area contributed by atoms with Crippen LogP contribution in [0, 0.1) is 6.92 Å². The lowest BCUT2D eigenvalue weighted by Gasteiger charge is -2.33. The van der Waals surface area contributed by atoms with Gasteiger partial charge in [0.05, 0.1) is 6.54 Å².